The summed E-state index contributed by atoms with van der Waals surface area (Å²) in [6, 6.07) is 4.27. The largest absolute Gasteiger partial charge is 0.493 e. The molecule has 1 N–H and O–H groups in total. The normalized spacial score (nSPS) is 17.3. The maximum Gasteiger partial charge on any atom is 0.203 e. The number of aromatic nitrogens is 3. The lowest BCUT2D eigenvalue weighted by Crippen LogP contribution is -2.32. The number of likely N-dealkylation sites (tertiary alicyclic amines) is 1. The Labute approximate surface area is 174 Å². The fourth-order valence-electron chi connectivity index (χ4n) is 3.98. The Morgan fingerprint density at radius 2 is 1.93 bits per heavy atom. The molecule has 0 radical (unpaired) electrons. The molecule has 1 atom stereocenters. The summed E-state index contributed by atoms with van der Waals surface area (Å²) in [6.07, 6.45) is 7.40. The minimum atomic E-state index is 0.367. The summed E-state index contributed by atoms with van der Waals surface area (Å²) in [6.45, 7) is 1.87. The van der Waals surface area contributed by atoms with Gasteiger partial charge in [0.05, 0.1) is 39.3 Å². The third-order valence-electron chi connectivity index (χ3n) is 5.39. The van der Waals surface area contributed by atoms with Crippen LogP contribution < -0.4 is 14.2 Å². The van der Waals surface area contributed by atoms with Gasteiger partial charge in [-0.1, -0.05) is 6.42 Å². The first-order valence-corrected chi connectivity index (χ1v) is 10.6. The standard InChI is InChI=1S/C21H26N4O3S/c1-26-17-10-14(11-18(27-2)20(17)28-3)19-15(12-23-24-19)13-25-8-5-4-6-16(25)21-22-7-9-29-21/h7,9-12,16H,4-6,8,13H2,1-3H3,(H,23,24)/t16-/m1/s1. The number of methoxy groups -OCH3 is 3. The Kier molecular flexibility index (Phi) is 6.01. The van der Waals surface area contributed by atoms with E-state index >= 15 is 0 Å². The van der Waals surface area contributed by atoms with Crippen LogP contribution in [0.25, 0.3) is 11.3 Å². The fourth-order valence-corrected chi connectivity index (χ4v) is 4.79. The molecule has 8 heteroatoms. The number of aromatic amines is 1. The summed E-state index contributed by atoms with van der Waals surface area (Å²) < 4.78 is 16.5. The van der Waals surface area contributed by atoms with Gasteiger partial charge in [-0.3, -0.25) is 10.00 Å². The number of piperidine rings is 1. The van der Waals surface area contributed by atoms with Crippen LogP contribution in [-0.2, 0) is 6.54 Å². The zero-order valence-electron chi connectivity index (χ0n) is 17.0. The Balaban J connectivity index is 1.65. The first-order chi connectivity index (χ1) is 14.2. The SMILES string of the molecule is COc1cc(-c2[nH]ncc2CN2CCCC[C@@H]2c2nccs2)cc(OC)c1OC. The van der Waals surface area contributed by atoms with E-state index in [4.69, 9.17) is 14.2 Å². The summed E-state index contributed by atoms with van der Waals surface area (Å²) in [5.74, 6) is 1.83. The van der Waals surface area contributed by atoms with Crippen molar-refractivity contribution in [2.24, 2.45) is 0 Å². The van der Waals surface area contributed by atoms with Gasteiger partial charge in [-0.05, 0) is 31.5 Å². The van der Waals surface area contributed by atoms with Crippen LogP contribution in [0, 0.1) is 0 Å². The van der Waals surface area contributed by atoms with E-state index in [-0.39, 0.29) is 0 Å². The first-order valence-electron chi connectivity index (χ1n) is 9.71. The van der Waals surface area contributed by atoms with E-state index in [1.54, 1.807) is 32.7 Å². The molecule has 2 aromatic heterocycles. The van der Waals surface area contributed by atoms with Crippen molar-refractivity contribution in [3.63, 3.8) is 0 Å². The van der Waals surface area contributed by atoms with Gasteiger partial charge in [-0.25, -0.2) is 4.98 Å². The Bertz CT molecular complexity index is 916. The number of nitrogens with zero attached hydrogens (tertiary/aromatic N) is 3. The second kappa shape index (κ2) is 8.84. The lowest BCUT2D eigenvalue weighted by atomic mass is 10.0. The van der Waals surface area contributed by atoms with E-state index in [0.29, 0.717) is 23.3 Å². The van der Waals surface area contributed by atoms with E-state index in [9.17, 15) is 0 Å². The molecule has 0 amide bonds. The highest BCUT2D eigenvalue weighted by Gasteiger charge is 2.27. The summed E-state index contributed by atoms with van der Waals surface area (Å²) in [5.41, 5.74) is 3.06. The van der Waals surface area contributed by atoms with Crippen molar-refractivity contribution in [1.29, 1.82) is 0 Å². The van der Waals surface area contributed by atoms with Gasteiger partial charge in [0, 0.05) is 29.2 Å². The number of ether oxygens (including phenoxy) is 3. The molecule has 0 bridgehead atoms. The average molecular weight is 415 g/mol. The molecule has 1 fully saturated rings. The van der Waals surface area contributed by atoms with E-state index < -0.39 is 0 Å². The van der Waals surface area contributed by atoms with Crippen molar-refractivity contribution >= 4 is 11.3 Å². The van der Waals surface area contributed by atoms with Crippen LogP contribution in [0.2, 0.25) is 0 Å². The molecule has 154 valence electrons. The van der Waals surface area contributed by atoms with Crippen LogP contribution >= 0.6 is 11.3 Å². The summed E-state index contributed by atoms with van der Waals surface area (Å²) in [4.78, 5) is 7.08. The molecule has 1 aromatic carbocycles. The van der Waals surface area contributed by atoms with Crippen LogP contribution in [0.1, 0.15) is 35.9 Å². The highest BCUT2D eigenvalue weighted by atomic mass is 32.1. The van der Waals surface area contributed by atoms with Crippen molar-refractivity contribution in [2.45, 2.75) is 31.8 Å². The van der Waals surface area contributed by atoms with Crippen LogP contribution in [0.3, 0.4) is 0 Å². The summed E-state index contributed by atoms with van der Waals surface area (Å²) in [7, 11) is 4.86. The number of benzene rings is 1. The molecule has 29 heavy (non-hydrogen) atoms. The summed E-state index contributed by atoms with van der Waals surface area (Å²) >= 11 is 1.74. The molecule has 3 heterocycles. The maximum atomic E-state index is 5.52. The number of hydrogen-bond donors (Lipinski definition) is 1. The molecule has 0 spiro atoms. The van der Waals surface area contributed by atoms with Crippen LogP contribution in [0.4, 0.5) is 0 Å². The first kappa shape index (κ1) is 19.7. The molecule has 1 aliphatic heterocycles. The van der Waals surface area contributed by atoms with E-state index in [1.807, 2.05) is 24.5 Å². The lowest BCUT2D eigenvalue weighted by Gasteiger charge is -2.34. The minimum Gasteiger partial charge on any atom is -0.493 e. The molecular formula is C21H26N4O3S. The lowest BCUT2D eigenvalue weighted by molar-refractivity contribution is 0.140. The van der Waals surface area contributed by atoms with E-state index in [2.05, 4.69) is 25.5 Å². The number of nitrogens with one attached hydrogen (secondary N) is 1. The van der Waals surface area contributed by atoms with Gasteiger partial charge in [0.2, 0.25) is 5.75 Å². The van der Waals surface area contributed by atoms with Crippen LogP contribution in [0.5, 0.6) is 17.2 Å². The second-order valence-electron chi connectivity index (χ2n) is 7.04. The number of rotatable bonds is 7. The molecule has 0 unspecified atom stereocenters. The van der Waals surface area contributed by atoms with E-state index in [1.165, 1.54) is 17.8 Å². The number of thiazole rings is 1. The molecule has 7 nitrogen and oxygen atoms in total. The van der Waals surface area contributed by atoms with Gasteiger partial charge >= 0.3 is 0 Å². The van der Waals surface area contributed by atoms with Crippen LogP contribution in [0.15, 0.2) is 29.9 Å². The van der Waals surface area contributed by atoms with Gasteiger partial charge in [-0.2, -0.15) is 5.10 Å². The van der Waals surface area contributed by atoms with Crippen molar-refractivity contribution in [3.05, 3.63) is 40.5 Å². The van der Waals surface area contributed by atoms with E-state index in [0.717, 1.165) is 36.3 Å². The topological polar surface area (TPSA) is 72.5 Å². The Hall–Kier alpha value is -2.58. The maximum absolute atomic E-state index is 5.52. The van der Waals surface area contributed by atoms with Gasteiger partial charge in [0.15, 0.2) is 11.5 Å². The van der Waals surface area contributed by atoms with Crippen LogP contribution in [-0.4, -0.2) is 48.0 Å². The molecule has 1 saturated heterocycles. The monoisotopic (exact) mass is 414 g/mol. The van der Waals surface area contributed by atoms with Gasteiger partial charge < -0.3 is 14.2 Å². The average Bonchev–Trinajstić information content (AvgIpc) is 3.45. The third-order valence-corrected chi connectivity index (χ3v) is 6.27. The highest BCUT2D eigenvalue weighted by molar-refractivity contribution is 7.09. The molecule has 1 aliphatic rings. The smallest absolute Gasteiger partial charge is 0.203 e. The van der Waals surface area contributed by atoms with Crippen molar-refractivity contribution < 1.29 is 14.2 Å². The zero-order valence-corrected chi connectivity index (χ0v) is 17.8. The van der Waals surface area contributed by atoms with Crippen molar-refractivity contribution in [1.82, 2.24) is 20.1 Å². The zero-order chi connectivity index (χ0) is 20.2. The quantitative estimate of drug-likeness (QED) is 0.622. The second-order valence-corrected chi connectivity index (χ2v) is 7.96. The number of H-pyrrole nitrogens is 1. The molecular weight excluding hydrogens is 388 g/mol. The predicted octanol–water partition coefficient (Wildman–Crippen LogP) is 4.29. The predicted molar refractivity (Wildman–Crippen MR) is 113 cm³/mol. The third kappa shape index (κ3) is 3.95. The number of hydrogen-bond acceptors (Lipinski definition) is 7. The highest BCUT2D eigenvalue weighted by Crippen LogP contribution is 2.42. The van der Waals surface area contributed by atoms with Crippen molar-refractivity contribution in [2.75, 3.05) is 27.9 Å². The summed E-state index contributed by atoms with van der Waals surface area (Å²) in [5, 5.41) is 10.7. The van der Waals surface area contributed by atoms with Gasteiger partial charge in [-0.15, -0.1) is 11.3 Å². The van der Waals surface area contributed by atoms with Gasteiger partial charge in [0.1, 0.15) is 5.01 Å². The minimum absolute atomic E-state index is 0.367. The molecule has 3 aromatic rings. The molecule has 0 aliphatic carbocycles. The van der Waals surface area contributed by atoms with Gasteiger partial charge in [0.25, 0.3) is 0 Å². The van der Waals surface area contributed by atoms with Crippen molar-refractivity contribution in [3.8, 4) is 28.5 Å². The molecule has 4 rings (SSSR count). The Morgan fingerprint density at radius 3 is 2.59 bits per heavy atom. The Morgan fingerprint density at radius 1 is 1.14 bits per heavy atom. The fraction of sp³-hybridized carbons (Fsp3) is 0.429. The molecule has 0 saturated carbocycles.